The van der Waals surface area contributed by atoms with Crippen molar-refractivity contribution in [3.05, 3.63) is 72.6 Å². The molecule has 1 heterocycles. The minimum Gasteiger partial charge on any atom is -0.497 e. The number of rotatable bonds is 11. The van der Waals surface area contributed by atoms with Crippen LogP contribution in [-0.4, -0.2) is 39.4 Å². The molecule has 178 valence electrons. The first-order valence-corrected chi connectivity index (χ1v) is 11.9. The zero-order valence-corrected chi connectivity index (χ0v) is 20.4. The Kier molecular flexibility index (Phi) is 8.86. The molecule has 9 heteroatoms. The summed E-state index contributed by atoms with van der Waals surface area (Å²) in [5, 5.41) is 14.7. The zero-order valence-electron chi connectivity index (χ0n) is 19.6. The fourth-order valence-electron chi connectivity index (χ4n) is 3.32. The highest BCUT2D eigenvalue weighted by molar-refractivity contribution is 7.99. The average Bonchev–Trinajstić information content (AvgIpc) is 3.19. The normalized spacial score (nSPS) is 10.7. The van der Waals surface area contributed by atoms with Crippen molar-refractivity contribution in [3.63, 3.8) is 0 Å². The third-order valence-corrected chi connectivity index (χ3v) is 5.95. The van der Waals surface area contributed by atoms with Gasteiger partial charge in [-0.25, -0.2) is 0 Å². The van der Waals surface area contributed by atoms with Gasteiger partial charge in [0, 0.05) is 17.9 Å². The van der Waals surface area contributed by atoms with Gasteiger partial charge in [-0.3, -0.25) is 9.59 Å². The lowest BCUT2D eigenvalue weighted by Crippen LogP contribution is -2.18. The number of allylic oxidation sites excluding steroid dienone is 1. The summed E-state index contributed by atoms with van der Waals surface area (Å²) in [5.74, 6) is 1.32. The van der Waals surface area contributed by atoms with Crippen LogP contribution >= 0.6 is 11.8 Å². The summed E-state index contributed by atoms with van der Waals surface area (Å²) in [5.41, 5.74) is 2.56. The molecular formula is C25H29N5O3S. The number of thioether (sulfide) groups is 1. The number of carbonyl (C=O) groups excluding carboxylic acids is 2. The Morgan fingerprint density at radius 2 is 1.82 bits per heavy atom. The van der Waals surface area contributed by atoms with Crippen molar-refractivity contribution in [2.75, 3.05) is 23.5 Å². The fraction of sp³-hybridized carbons (Fsp3) is 0.280. The smallest absolute Gasteiger partial charge is 0.234 e. The molecule has 2 N–H and O–H groups in total. The van der Waals surface area contributed by atoms with Crippen LogP contribution < -0.4 is 15.4 Å². The van der Waals surface area contributed by atoms with Crippen molar-refractivity contribution in [3.8, 4) is 5.75 Å². The van der Waals surface area contributed by atoms with Crippen molar-refractivity contribution in [1.82, 2.24) is 14.8 Å². The Balaban J connectivity index is 1.62. The summed E-state index contributed by atoms with van der Waals surface area (Å²) in [4.78, 5) is 25.1. The molecule has 0 spiro atoms. The highest BCUT2D eigenvalue weighted by Crippen LogP contribution is 2.24. The van der Waals surface area contributed by atoms with E-state index in [1.165, 1.54) is 11.8 Å². The van der Waals surface area contributed by atoms with Crippen molar-refractivity contribution in [1.29, 1.82) is 0 Å². The van der Waals surface area contributed by atoms with Gasteiger partial charge in [0.25, 0.3) is 0 Å². The second-order valence-electron chi connectivity index (χ2n) is 7.83. The van der Waals surface area contributed by atoms with Gasteiger partial charge in [0.05, 0.1) is 19.3 Å². The van der Waals surface area contributed by atoms with Gasteiger partial charge < -0.3 is 19.9 Å². The molecule has 2 amide bonds. The molecule has 3 aromatic rings. The Labute approximate surface area is 203 Å². The first-order chi connectivity index (χ1) is 16.4. The molecule has 0 atom stereocenters. The highest BCUT2D eigenvalue weighted by atomic mass is 32.2. The van der Waals surface area contributed by atoms with Crippen molar-refractivity contribution in [2.24, 2.45) is 0 Å². The van der Waals surface area contributed by atoms with Gasteiger partial charge in [0.1, 0.15) is 11.6 Å². The van der Waals surface area contributed by atoms with Crippen LogP contribution in [0.4, 0.5) is 11.4 Å². The predicted molar refractivity (Wildman–Crippen MR) is 135 cm³/mol. The minimum atomic E-state index is -0.220. The SMILES string of the molecule is C=CCn1c(CC(=O)Nc2ccc(OC)cc2)nnc1SCC(=O)Nc1ccccc1C(C)C. The van der Waals surface area contributed by atoms with Crippen molar-refractivity contribution < 1.29 is 14.3 Å². The van der Waals surface area contributed by atoms with E-state index in [-0.39, 0.29) is 24.0 Å². The van der Waals surface area contributed by atoms with Crippen LogP contribution in [-0.2, 0) is 22.6 Å². The molecule has 0 saturated heterocycles. The lowest BCUT2D eigenvalue weighted by Gasteiger charge is -2.13. The third kappa shape index (κ3) is 6.71. The number of methoxy groups -OCH3 is 1. The number of hydrogen-bond donors (Lipinski definition) is 2. The maximum atomic E-state index is 12.6. The fourth-order valence-corrected chi connectivity index (χ4v) is 4.09. The van der Waals surface area contributed by atoms with E-state index >= 15 is 0 Å². The lowest BCUT2D eigenvalue weighted by atomic mass is 10.0. The highest BCUT2D eigenvalue weighted by Gasteiger charge is 2.17. The molecule has 0 aliphatic rings. The number of anilines is 2. The summed E-state index contributed by atoms with van der Waals surface area (Å²) in [7, 11) is 1.59. The van der Waals surface area contributed by atoms with Gasteiger partial charge in [-0.15, -0.1) is 16.8 Å². The molecule has 0 saturated carbocycles. The number of aromatic nitrogens is 3. The number of hydrogen-bond acceptors (Lipinski definition) is 6. The van der Waals surface area contributed by atoms with E-state index in [2.05, 4.69) is 41.3 Å². The van der Waals surface area contributed by atoms with Crippen LogP contribution in [0.1, 0.15) is 31.2 Å². The number of nitrogens with one attached hydrogen (secondary N) is 2. The molecule has 0 unspecified atom stereocenters. The Hall–Kier alpha value is -3.59. The van der Waals surface area contributed by atoms with Crippen LogP contribution in [0.25, 0.3) is 0 Å². The number of benzene rings is 2. The van der Waals surface area contributed by atoms with E-state index in [1.807, 2.05) is 24.3 Å². The Morgan fingerprint density at radius 3 is 2.50 bits per heavy atom. The van der Waals surface area contributed by atoms with Crippen LogP contribution in [0, 0.1) is 0 Å². The van der Waals surface area contributed by atoms with Gasteiger partial charge in [0.2, 0.25) is 11.8 Å². The van der Waals surface area contributed by atoms with E-state index in [4.69, 9.17) is 4.74 Å². The van der Waals surface area contributed by atoms with E-state index in [1.54, 1.807) is 42.0 Å². The van der Waals surface area contributed by atoms with E-state index in [0.717, 1.165) is 11.3 Å². The molecule has 0 aliphatic heterocycles. The minimum absolute atomic E-state index is 0.0430. The molecule has 34 heavy (non-hydrogen) atoms. The van der Waals surface area contributed by atoms with Crippen LogP contribution in [0.5, 0.6) is 5.75 Å². The second-order valence-corrected chi connectivity index (χ2v) is 8.77. The average molecular weight is 480 g/mol. The summed E-state index contributed by atoms with van der Waals surface area (Å²) in [6.45, 7) is 8.38. The number of nitrogens with zero attached hydrogens (tertiary/aromatic N) is 3. The number of carbonyl (C=O) groups is 2. The summed E-state index contributed by atoms with van der Waals surface area (Å²) in [6.07, 6.45) is 1.75. The molecular weight excluding hydrogens is 450 g/mol. The first-order valence-electron chi connectivity index (χ1n) is 10.9. The van der Waals surface area contributed by atoms with Crippen LogP contribution in [0.2, 0.25) is 0 Å². The Morgan fingerprint density at radius 1 is 1.09 bits per heavy atom. The maximum Gasteiger partial charge on any atom is 0.234 e. The lowest BCUT2D eigenvalue weighted by molar-refractivity contribution is -0.116. The van der Waals surface area contributed by atoms with E-state index in [0.29, 0.717) is 34.9 Å². The van der Waals surface area contributed by atoms with E-state index in [9.17, 15) is 9.59 Å². The molecule has 0 bridgehead atoms. The number of para-hydroxylation sites is 1. The largest absolute Gasteiger partial charge is 0.497 e. The summed E-state index contributed by atoms with van der Waals surface area (Å²) >= 11 is 1.27. The number of ether oxygens (including phenoxy) is 1. The molecule has 0 radical (unpaired) electrons. The quantitative estimate of drug-likeness (QED) is 0.310. The van der Waals surface area contributed by atoms with E-state index < -0.39 is 0 Å². The molecule has 2 aromatic carbocycles. The molecule has 8 nitrogen and oxygen atoms in total. The molecule has 0 fully saturated rings. The second kappa shape index (κ2) is 12.0. The van der Waals surface area contributed by atoms with Crippen LogP contribution in [0.15, 0.2) is 66.3 Å². The molecule has 1 aromatic heterocycles. The van der Waals surface area contributed by atoms with Crippen molar-refractivity contribution >= 4 is 35.0 Å². The van der Waals surface area contributed by atoms with Gasteiger partial charge in [-0.05, 0) is 41.8 Å². The first kappa shape index (κ1) is 25.0. The monoisotopic (exact) mass is 479 g/mol. The molecule has 0 aliphatic carbocycles. The Bertz CT molecular complexity index is 1140. The van der Waals surface area contributed by atoms with Gasteiger partial charge in [-0.2, -0.15) is 0 Å². The summed E-state index contributed by atoms with van der Waals surface area (Å²) in [6, 6.07) is 14.9. The maximum absolute atomic E-state index is 12.6. The third-order valence-electron chi connectivity index (χ3n) is 4.99. The van der Waals surface area contributed by atoms with Crippen LogP contribution in [0.3, 0.4) is 0 Å². The predicted octanol–water partition coefficient (Wildman–Crippen LogP) is 4.51. The van der Waals surface area contributed by atoms with Crippen molar-refractivity contribution in [2.45, 2.75) is 37.9 Å². The van der Waals surface area contributed by atoms with Gasteiger partial charge in [-0.1, -0.05) is 49.9 Å². The standard InChI is InChI=1S/C25H29N5O3S/c1-5-14-30-22(15-23(31)26-18-10-12-19(33-4)13-11-18)28-29-25(30)34-16-24(32)27-21-9-7-6-8-20(21)17(2)3/h5-13,17H,1,14-16H2,2-4H3,(H,26,31)(H,27,32). The molecule has 3 rings (SSSR count). The van der Waals surface area contributed by atoms with Gasteiger partial charge in [0.15, 0.2) is 5.16 Å². The van der Waals surface area contributed by atoms with Gasteiger partial charge >= 0.3 is 0 Å². The topological polar surface area (TPSA) is 98.1 Å². The zero-order chi connectivity index (χ0) is 24.5. The summed E-state index contributed by atoms with van der Waals surface area (Å²) < 4.78 is 6.92. The number of amides is 2.